The van der Waals surface area contributed by atoms with Crippen molar-refractivity contribution in [2.24, 2.45) is 5.92 Å². The van der Waals surface area contributed by atoms with Crippen molar-refractivity contribution >= 4 is 18.0 Å². The van der Waals surface area contributed by atoms with Gasteiger partial charge in [0.15, 0.2) is 0 Å². The molecular formula is C16H18FNO3. The highest BCUT2D eigenvalue weighted by Crippen LogP contribution is 2.24. The van der Waals surface area contributed by atoms with Crippen LogP contribution in [0.3, 0.4) is 0 Å². The molecule has 1 aliphatic carbocycles. The van der Waals surface area contributed by atoms with Crippen LogP contribution in [0.2, 0.25) is 0 Å². The van der Waals surface area contributed by atoms with E-state index in [0.717, 1.165) is 0 Å². The molecule has 2 rings (SSSR count). The summed E-state index contributed by atoms with van der Waals surface area (Å²) in [6.45, 7) is 0. The summed E-state index contributed by atoms with van der Waals surface area (Å²) in [5.41, 5.74) is 0.625. The van der Waals surface area contributed by atoms with E-state index < -0.39 is 5.97 Å². The van der Waals surface area contributed by atoms with E-state index in [1.54, 1.807) is 18.2 Å². The zero-order chi connectivity index (χ0) is 15.2. The summed E-state index contributed by atoms with van der Waals surface area (Å²) in [5, 5.41) is 11.8. The van der Waals surface area contributed by atoms with Crippen LogP contribution >= 0.6 is 0 Å². The Bertz CT molecular complexity index is 548. The highest BCUT2D eigenvalue weighted by atomic mass is 19.1. The van der Waals surface area contributed by atoms with Crippen LogP contribution < -0.4 is 5.32 Å². The van der Waals surface area contributed by atoms with Crippen LogP contribution in [0, 0.1) is 11.7 Å². The van der Waals surface area contributed by atoms with Gasteiger partial charge in [-0.3, -0.25) is 9.59 Å². The van der Waals surface area contributed by atoms with Crippen LogP contribution in [0.4, 0.5) is 4.39 Å². The lowest BCUT2D eigenvalue weighted by molar-refractivity contribution is -0.142. The van der Waals surface area contributed by atoms with E-state index in [4.69, 9.17) is 5.11 Å². The van der Waals surface area contributed by atoms with Gasteiger partial charge in [-0.2, -0.15) is 0 Å². The normalized spacial score (nSPS) is 22.1. The maximum absolute atomic E-state index is 13.0. The van der Waals surface area contributed by atoms with Gasteiger partial charge in [0.2, 0.25) is 5.91 Å². The van der Waals surface area contributed by atoms with Crippen molar-refractivity contribution in [3.8, 4) is 0 Å². The molecule has 0 unspecified atom stereocenters. The van der Waals surface area contributed by atoms with Gasteiger partial charge in [0, 0.05) is 12.1 Å². The van der Waals surface area contributed by atoms with E-state index in [1.165, 1.54) is 18.2 Å². The predicted molar refractivity (Wildman–Crippen MR) is 77.0 cm³/mol. The molecule has 112 valence electrons. The molecule has 0 radical (unpaired) electrons. The van der Waals surface area contributed by atoms with Crippen LogP contribution in [0.5, 0.6) is 0 Å². The lowest BCUT2D eigenvalue weighted by atomic mass is 9.86. The summed E-state index contributed by atoms with van der Waals surface area (Å²) in [5.74, 6) is -1.63. The van der Waals surface area contributed by atoms with Crippen molar-refractivity contribution in [3.63, 3.8) is 0 Å². The summed E-state index contributed by atoms with van der Waals surface area (Å²) in [6, 6.07) is 6.01. The number of halogens is 1. The molecule has 2 N–H and O–H groups in total. The Morgan fingerprint density at radius 1 is 1.24 bits per heavy atom. The first kappa shape index (κ1) is 15.2. The van der Waals surface area contributed by atoms with Gasteiger partial charge in [0.05, 0.1) is 5.92 Å². The number of carbonyl (C=O) groups is 2. The molecule has 0 aromatic heterocycles. The number of nitrogens with one attached hydrogen (secondary N) is 1. The zero-order valence-electron chi connectivity index (χ0n) is 11.6. The van der Waals surface area contributed by atoms with Gasteiger partial charge < -0.3 is 10.4 Å². The molecule has 1 fully saturated rings. The smallest absolute Gasteiger partial charge is 0.306 e. The summed E-state index contributed by atoms with van der Waals surface area (Å²) >= 11 is 0. The Morgan fingerprint density at radius 2 is 1.95 bits per heavy atom. The van der Waals surface area contributed by atoms with Crippen molar-refractivity contribution in [1.82, 2.24) is 5.32 Å². The number of carboxylic acids is 1. The quantitative estimate of drug-likeness (QED) is 0.838. The first-order valence-electron chi connectivity index (χ1n) is 7.01. The second kappa shape index (κ2) is 7.02. The van der Waals surface area contributed by atoms with Crippen LogP contribution in [-0.4, -0.2) is 23.0 Å². The average Bonchev–Trinajstić information content (AvgIpc) is 2.46. The van der Waals surface area contributed by atoms with Crippen molar-refractivity contribution in [3.05, 3.63) is 41.7 Å². The summed E-state index contributed by atoms with van der Waals surface area (Å²) < 4.78 is 13.0. The molecule has 0 saturated heterocycles. The Morgan fingerprint density at radius 3 is 2.57 bits per heavy atom. The molecule has 0 heterocycles. The van der Waals surface area contributed by atoms with Crippen molar-refractivity contribution in [2.45, 2.75) is 31.7 Å². The molecule has 0 atom stereocenters. The second-order valence-electron chi connectivity index (χ2n) is 5.28. The van der Waals surface area contributed by atoms with Gasteiger partial charge >= 0.3 is 5.97 Å². The molecule has 21 heavy (non-hydrogen) atoms. The van der Waals surface area contributed by atoms with E-state index in [0.29, 0.717) is 31.2 Å². The number of carboxylic acid groups (broad SMARTS) is 1. The fourth-order valence-electron chi connectivity index (χ4n) is 2.52. The van der Waals surface area contributed by atoms with Gasteiger partial charge in [-0.15, -0.1) is 0 Å². The van der Waals surface area contributed by atoms with Crippen LogP contribution in [0.25, 0.3) is 6.08 Å². The van der Waals surface area contributed by atoms with Crippen LogP contribution in [0.1, 0.15) is 31.2 Å². The Hall–Kier alpha value is -2.17. The van der Waals surface area contributed by atoms with Gasteiger partial charge in [-0.1, -0.05) is 12.1 Å². The molecule has 5 heteroatoms. The molecule has 1 aromatic rings. The van der Waals surface area contributed by atoms with E-state index in [1.807, 2.05) is 0 Å². The number of aliphatic carboxylic acids is 1. The number of benzene rings is 1. The first-order valence-corrected chi connectivity index (χ1v) is 7.01. The number of hydrogen-bond donors (Lipinski definition) is 2. The molecule has 0 aliphatic heterocycles. The third-order valence-electron chi connectivity index (χ3n) is 3.70. The van der Waals surface area contributed by atoms with Crippen LogP contribution in [0.15, 0.2) is 30.3 Å². The fraction of sp³-hybridized carbons (Fsp3) is 0.375. The third-order valence-corrected chi connectivity index (χ3v) is 3.70. The molecular weight excluding hydrogens is 273 g/mol. The van der Waals surface area contributed by atoms with Gasteiger partial charge in [0.25, 0.3) is 0 Å². The van der Waals surface area contributed by atoms with Crippen LogP contribution in [-0.2, 0) is 9.59 Å². The average molecular weight is 291 g/mol. The SMILES string of the molecule is O=C(/C=C/c1cccc(F)c1)NC1CCC(C(=O)O)CC1. The molecule has 1 saturated carbocycles. The maximum Gasteiger partial charge on any atom is 0.306 e. The summed E-state index contributed by atoms with van der Waals surface area (Å²) in [4.78, 5) is 22.6. The number of carbonyl (C=O) groups excluding carboxylic acids is 1. The third kappa shape index (κ3) is 4.70. The van der Waals surface area contributed by atoms with Crippen molar-refractivity contribution in [1.29, 1.82) is 0 Å². The largest absolute Gasteiger partial charge is 0.481 e. The lowest BCUT2D eigenvalue weighted by Crippen LogP contribution is -2.37. The van der Waals surface area contributed by atoms with Gasteiger partial charge in [-0.05, 0) is 49.5 Å². The molecule has 0 spiro atoms. The van der Waals surface area contributed by atoms with Crippen molar-refractivity contribution in [2.75, 3.05) is 0 Å². The monoisotopic (exact) mass is 291 g/mol. The van der Waals surface area contributed by atoms with Gasteiger partial charge in [-0.25, -0.2) is 4.39 Å². The summed E-state index contributed by atoms with van der Waals surface area (Å²) in [6.07, 6.45) is 5.47. The Kier molecular flexibility index (Phi) is 5.09. The molecule has 0 bridgehead atoms. The van der Waals surface area contributed by atoms with E-state index >= 15 is 0 Å². The lowest BCUT2D eigenvalue weighted by Gasteiger charge is -2.26. The van der Waals surface area contributed by atoms with E-state index in [-0.39, 0.29) is 23.7 Å². The topological polar surface area (TPSA) is 66.4 Å². The molecule has 1 aliphatic rings. The standard InChI is InChI=1S/C16H18FNO3/c17-13-3-1-2-11(10-13)4-9-15(19)18-14-7-5-12(6-8-14)16(20)21/h1-4,9-10,12,14H,5-8H2,(H,18,19)(H,20,21)/b9-4+. The molecule has 1 aromatic carbocycles. The first-order chi connectivity index (χ1) is 10.0. The van der Waals surface area contributed by atoms with E-state index in [2.05, 4.69) is 5.32 Å². The minimum absolute atomic E-state index is 0.0188. The number of hydrogen-bond acceptors (Lipinski definition) is 2. The minimum atomic E-state index is -0.759. The Labute approximate surface area is 122 Å². The van der Waals surface area contributed by atoms with Crippen molar-refractivity contribution < 1.29 is 19.1 Å². The highest BCUT2D eigenvalue weighted by molar-refractivity contribution is 5.91. The molecule has 4 nitrogen and oxygen atoms in total. The Balaban J connectivity index is 1.81. The van der Waals surface area contributed by atoms with E-state index in [9.17, 15) is 14.0 Å². The predicted octanol–water partition coefficient (Wildman–Crippen LogP) is 2.60. The zero-order valence-corrected chi connectivity index (χ0v) is 11.6. The highest BCUT2D eigenvalue weighted by Gasteiger charge is 2.26. The number of amides is 1. The molecule has 1 amide bonds. The number of rotatable bonds is 4. The second-order valence-corrected chi connectivity index (χ2v) is 5.28. The fourth-order valence-corrected chi connectivity index (χ4v) is 2.52. The summed E-state index contributed by atoms with van der Waals surface area (Å²) in [7, 11) is 0. The maximum atomic E-state index is 13.0. The van der Waals surface area contributed by atoms with Gasteiger partial charge in [0.1, 0.15) is 5.82 Å². The minimum Gasteiger partial charge on any atom is -0.481 e.